The minimum absolute atomic E-state index is 0.0729. The van der Waals surface area contributed by atoms with E-state index in [1.807, 2.05) is 5.48 Å². The third-order valence-electron chi connectivity index (χ3n) is 1.83. The lowest BCUT2D eigenvalue weighted by molar-refractivity contribution is -0.165. The van der Waals surface area contributed by atoms with Gasteiger partial charge in [0.05, 0.1) is 11.9 Å². The molecule has 0 aromatic carbocycles. The highest BCUT2D eigenvalue weighted by Gasteiger charge is 2.32. The molecule has 0 saturated carbocycles. The molecule has 0 aromatic heterocycles. The van der Waals surface area contributed by atoms with Gasteiger partial charge in [0.15, 0.2) is 12.4 Å². The zero-order chi connectivity index (χ0) is 13.4. The summed E-state index contributed by atoms with van der Waals surface area (Å²) in [6.07, 6.45) is -6.61. The summed E-state index contributed by atoms with van der Waals surface area (Å²) in [6, 6.07) is 0. The fourth-order valence-corrected chi connectivity index (χ4v) is 0.983. The van der Waals surface area contributed by atoms with Crippen LogP contribution >= 0.6 is 15.9 Å². The molecule has 0 fully saturated rings. The molecule has 9 heteroatoms. The SMILES string of the molecule is O=C[C@@H](ONC(=O)CBr)[C@@H](O)[C@H](O)[C@H](O)CO. The number of carbonyl (C=O) groups is 2. The third kappa shape index (κ3) is 5.52. The Labute approximate surface area is 105 Å². The van der Waals surface area contributed by atoms with Crippen LogP contribution in [-0.4, -0.2) is 69.0 Å². The second-order valence-corrected chi connectivity index (χ2v) is 3.67. The second kappa shape index (κ2) is 8.50. The summed E-state index contributed by atoms with van der Waals surface area (Å²) in [5, 5.41) is 36.2. The normalized spacial score (nSPS) is 17.9. The van der Waals surface area contributed by atoms with E-state index in [0.29, 0.717) is 0 Å². The number of halogens is 1. The number of aldehydes is 1. The summed E-state index contributed by atoms with van der Waals surface area (Å²) in [5.74, 6) is -0.596. The van der Waals surface area contributed by atoms with Gasteiger partial charge in [-0.05, 0) is 0 Å². The van der Waals surface area contributed by atoms with Crippen LogP contribution < -0.4 is 5.48 Å². The smallest absolute Gasteiger partial charge is 0.254 e. The monoisotopic (exact) mass is 315 g/mol. The van der Waals surface area contributed by atoms with Crippen LogP contribution in [0.15, 0.2) is 0 Å². The zero-order valence-electron chi connectivity index (χ0n) is 8.69. The third-order valence-corrected chi connectivity index (χ3v) is 2.34. The molecule has 4 atom stereocenters. The van der Waals surface area contributed by atoms with Crippen molar-refractivity contribution in [2.24, 2.45) is 0 Å². The number of aliphatic hydroxyl groups is 4. The van der Waals surface area contributed by atoms with E-state index in [0.717, 1.165) is 0 Å². The molecule has 0 aliphatic rings. The minimum atomic E-state index is -1.79. The van der Waals surface area contributed by atoms with Gasteiger partial charge in [-0.2, -0.15) is 0 Å². The number of carbonyl (C=O) groups excluding carboxylic acids is 2. The molecule has 17 heavy (non-hydrogen) atoms. The average Bonchev–Trinajstić information content (AvgIpc) is 2.36. The average molecular weight is 316 g/mol. The molecular formula is C8H14BrNO7. The Morgan fingerprint density at radius 2 is 1.94 bits per heavy atom. The molecule has 100 valence electrons. The lowest BCUT2D eigenvalue weighted by Gasteiger charge is -2.25. The van der Waals surface area contributed by atoms with Crippen molar-refractivity contribution < 1.29 is 34.9 Å². The number of amides is 1. The summed E-state index contributed by atoms with van der Waals surface area (Å²) >= 11 is 2.82. The lowest BCUT2D eigenvalue weighted by Crippen LogP contribution is -2.49. The molecule has 0 aromatic rings. The van der Waals surface area contributed by atoms with E-state index >= 15 is 0 Å². The maximum Gasteiger partial charge on any atom is 0.254 e. The van der Waals surface area contributed by atoms with Crippen LogP contribution in [0.2, 0.25) is 0 Å². The number of hydrogen-bond donors (Lipinski definition) is 5. The molecule has 1 amide bonds. The van der Waals surface area contributed by atoms with Crippen molar-refractivity contribution in [1.29, 1.82) is 0 Å². The van der Waals surface area contributed by atoms with Crippen LogP contribution in [0, 0.1) is 0 Å². The molecule has 0 rings (SSSR count). The van der Waals surface area contributed by atoms with E-state index in [1.165, 1.54) is 0 Å². The number of alkyl halides is 1. The first-order chi connectivity index (χ1) is 7.97. The molecule has 0 heterocycles. The standard InChI is InChI=1S/C8H14BrNO7/c9-1-6(14)10-17-5(3-12)8(16)7(15)4(13)2-11/h3-5,7-8,11,13,15-16H,1-2H2,(H,10,14)/t4-,5-,7-,8-/m1/s1. The van der Waals surface area contributed by atoms with Crippen molar-refractivity contribution >= 4 is 28.1 Å². The van der Waals surface area contributed by atoms with Gasteiger partial charge in [0.1, 0.15) is 18.3 Å². The Morgan fingerprint density at radius 1 is 1.35 bits per heavy atom. The molecule has 5 N–H and O–H groups in total. The van der Waals surface area contributed by atoms with Crippen molar-refractivity contribution in [1.82, 2.24) is 5.48 Å². The van der Waals surface area contributed by atoms with Crippen LogP contribution in [0.3, 0.4) is 0 Å². The van der Waals surface area contributed by atoms with Gasteiger partial charge >= 0.3 is 0 Å². The highest BCUT2D eigenvalue weighted by Crippen LogP contribution is 2.06. The highest BCUT2D eigenvalue weighted by molar-refractivity contribution is 9.09. The highest BCUT2D eigenvalue weighted by atomic mass is 79.9. The molecular weight excluding hydrogens is 302 g/mol. The van der Waals surface area contributed by atoms with Crippen LogP contribution in [-0.2, 0) is 14.4 Å². The quantitative estimate of drug-likeness (QED) is 0.184. The van der Waals surface area contributed by atoms with Crippen molar-refractivity contribution in [2.75, 3.05) is 11.9 Å². The van der Waals surface area contributed by atoms with Gasteiger partial charge in [0.2, 0.25) is 0 Å². The van der Waals surface area contributed by atoms with E-state index in [1.54, 1.807) is 0 Å². The first-order valence-electron chi connectivity index (χ1n) is 4.58. The van der Waals surface area contributed by atoms with Crippen LogP contribution in [0.25, 0.3) is 0 Å². The Morgan fingerprint density at radius 3 is 2.35 bits per heavy atom. The number of aliphatic hydroxyl groups excluding tert-OH is 4. The molecule has 0 saturated heterocycles. The molecule has 0 bridgehead atoms. The van der Waals surface area contributed by atoms with E-state index in [4.69, 9.17) is 10.2 Å². The van der Waals surface area contributed by atoms with E-state index in [-0.39, 0.29) is 11.6 Å². The predicted molar refractivity (Wildman–Crippen MR) is 58.0 cm³/mol. The van der Waals surface area contributed by atoms with Gasteiger partial charge in [0.25, 0.3) is 5.91 Å². The molecule has 0 spiro atoms. The summed E-state index contributed by atoms with van der Waals surface area (Å²) in [6.45, 7) is -0.794. The Hall–Kier alpha value is -0.580. The second-order valence-electron chi connectivity index (χ2n) is 3.11. The first-order valence-corrected chi connectivity index (χ1v) is 5.70. The number of rotatable bonds is 8. The van der Waals surface area contributed by atoms with Gasteiger partial charge in [-0.25, -0.2) is 5.48 Å². The summed E-state index contributed by atoms with van der Waals surface area (Å²) < 4.78 is 0. The first kappa shape index (κ1) is 16.4. The predicted octanol–water partition coefficient (Wildman–Crippen LogP) is -2.93. The van der Waals surface area contributed by atoms with Crippen molar-refractivity contribution in [3.8, 4) is 0 Å². The van der Waals surface area contributed by atoms with Gasteiger partial charge < -0.3 is 25.2 Å². The fraction of sp³-hybridized carbons (Fsp3) is 0.750. The molecule has 0 aliphatic heterocycles. The largest absolute Gasteiger partial charge is 0.394 e. The van der Waals surface area contributed by atoms with E-state index in [2.05, 4.69) is 20.8 Å². The number of hydrogen-bond acceptors (Lipinski definition) is 7. The summed E-state index contributed by atoms with van der Waals surface area (Å²) in [7, 11) is 0. The summed E-state index contributed by atoms with van der Waals surface area (Å²) in [5.41, 5.74) is 1.84. The zero-order valence-corrected chi connectivity index (χ0v) is 10.3. The topological polar surface area (TPSA) is 136 Å². The fourth-order valence-electron chi connectivity index (χ4n) is 0.869. The summed E-state index contributed by atoms with van der Waals surface area (Å²) in [4.78, 5) is 25.9. The Kier molecular flexibility index (Phi) is 8.21. The van der Waals surface area contributed by atoms with E-state index < -0.39 is 36.9 Å². The molecule has 0 radical (unpaired) electrons. The van der Waals surface area contributed by atoms with Gasteiger partial charge in [-0.15, -0.1) is 0 Å². The number of nitrogens with one attached hydrogen (secondary N) is 1. The van der Waals surface area contributed by atoms with Crippen molar-refractivity contribution in [3.63, 3.8) is 0 Å². The molecule has 8 nitrogen and oxygen atoms in total. The maximum absolute atomic E-state index is 10.8. The maximum atomic E-state index is 10.8. The van der Waals surface area contributed by atoms with Crippen LogP contribution in [0.1, 0.15) is 0 Å². The van der Waals surface area contributed by atoms with Crippen LogP contribution in [0.4, 0.5) is 0 Å². The van der Waals surface area contributed by atoms with Gasteiger partial charge in [-0.3, -0.25) is 9.63 Å². The van der Waals surface area contributed by atoms with Crippen molar-refractivity contribution in [3.05, 3.63) is 0 Å². The van der Waals surface area contributed by atoms with Crippen molar-refractivity contribution in [2.45, 2.75) is 24.4 Å². The Balaban J connectivity index is 4.34. The minimum Gasteiger partial charge on any atom is -0.394 e. The van der Waals surface area contributed by atoms with Crippen LogP contribution in [0.5, 0.6) is 0 Å². The number of hydroxylamine groups is 1. The van der Waals surface area contributed by atoms with E-state index in [9.17, 15) is 19.8 Å². The molecule has 0 aliphatic carbocycles. The Bertz CT molecular complexity index is 252. The van der Waals surface area contributed by atoms with Gasteiger partial charge in [-0.1, -0.05) is 15.9 Å². The van der Waals surface area contributed by atoms with Gasteiger partial charge in [0, 0.05) is 0 Å². The molecule has 0 unspecified atom stereocenters. The lowest BCUT2D eigenvalue weighted by atomic mass is 10.0.